The molecule has 0 bridgehead atoms. The normalized spacial score (nSPS) is 14.3. The van der Waals surface area contributed by atoms with Crippen molar-refractivity contribution < 1.29 is 17.9 Å². The number of pyridine rings is 1. The predicted molar refractivity (Wildman–Crippen MR) is 170 cm³/mol. The zero-order chi connectivity index (χ0) is 30.1. The number of nitrogens with two attached hydrogens (primary N) is 1. The van der Waals surface area contributed by atoms with Gasteiger partial charge in [0, 0.05) is 54.2 Å². The Morgan fingerprint density at radius 2 is 1.88 bits per heavy atom. The molecule has 1 aliphatic rings. The Labute approximate surface area is 258 Å². The largest absolute Gasteiger partial charge is 0.492 e. The number of aryl methyl sites for hydroxylation is 1. The molecule has 0 spiro atoms. The number of imidazole rings is 1. The smallest absolute Gasteiger partial charge is 0.238 e. The van der Waals surface area contributed by atoms with E-state index in [0.717, 1.165) is 61.2 Å². The highest BCUT2D eigenvalue weighted by Gasteiger charge is 2.19. The molecule has 6 rings (SSSR count). The summed E-state index contributed by atoms with van der Waals surface area (Å²) < 4.78 is 38.0. The molecule has 0 radical (unpaired) electrons. The van der Waals surface area contributed by atoms with Crippen molar-refractivity contribution in [3.63, 3.8) is 0 Å². The van der Waals surface area contributed by atoms with Crippen LogP contribution in [0.4, 0.5) is 11.4 Å². The molecule has 1 fully saturated rings. The van der Waals surface area contributed by atoms with Crippen molar-refractivity contribution in [1.29, 1.82) is 0 Å². The average molecular weight is 667 g/mol. The molecule has 13 heteroatoms. The van der Waals surface area contributed by atoms with E-state index in [-0.39, 0.29) is 4.90 Å². The van der Waals surface area contributed by atoms with Crippen LogP contribution in [0.5, 0.6) is 5.75 Å². The highest BCUT2D eigenvalue weighted by Crippen LogP contribution is 2.35. The molecule has 5 aromatic rings. The van der Waals surface area contributed by atoms with Gasteiger partial charge in [-0.05, 0) is 78.3 Å². The lowest BCUT2D eigenvalue weighted by Crippen LogP contribution is -2.38. The number of ether oxygens (including phenoxy) is 2. The number of halogens is 1. The molecule has 4 N–H and O–H groups in total. The van der Waals surface area contributed by atoms with E-state index in [4.69, 9.17) is 19.6 Å². The summed E-state index contributed by atoms with van der Waals surface area (Å²) in [6, 6.07) is 16.5. The van der Waals surface area contributed by atoms with Crippen LogP contribution in [0.3, 0.4) is 0 Å². The molecule has 1 aliphatic heterocycles. The summed E-state index contributed by atoms with van der Waals surface area (Å²) in [6.07, 6.45) is 1.66. The zero-order valence-electron chi connectivity index (χ0n) is 23.8. The number of aromatic nitrogens is 4. The molecule has 43 heavy (non-hydrogen) atoms. The quantitative estimate of drug-likeness (QED) is 0.202. The van der Waals surface area contributed by atoms with Crippen molar-refractivity contribution in [2.75, 3.05) is 44.8 Å². The summed E-state index contributed by atoms with van der Waals surface area (Å²) >= 11 is 3.56. The number of nitrogens with zero attached hydrogens (tertiary/aromatic N) is 4. The van der Waals surface area contributed by atoms with Crippen molar-refractivity contribution in [3.05, 3.63) is 76.7 Å². The fourth-order valence-electron chi connectivity index (χ4n) is 5.29. The SMILES string of the molecule is Cc1cc(-c2nc3ncc(Br)c(Nc4cccc(S(N)(=O)=O)c4)c3[nH]2)c(C)n1-c1ccc(OCCN2CCOCC2)cc1. The molecule has 2 aromatic carbocycles. The first-order valence-electron chi connectivity index (χ1n) is 13.8. The summed E-state index contributed by atoms with van der Waals surface area (Å²) in [4.78, 5) is 15.1. The van der Waals surface area contributed by atoms with Crippen molar-refractivity contribution in [2.45, 2.75) is 18.7 Å². The van der Waals surface area contributed by atoms with Crippen LogP contribution in [0, 0.1) is 13.8 Å². The Balaban J connectivity index is 1.24. The number of anilines is 2. The monoisotopic (exact) mass is 665 g/mol. The minimum atomic E-state index is -3.84. The van der Waals surface area contributed by atoms with Crippen LogP contribution in [0.15, 0.2) is 70.2 Å². The Kier molecular flexibility index (Phi) is 8.25. The van der Waals surface area contributed by atoms with E-state index in [1.807, 2.05) is 12.1 Å². The maximum absolute atomic E-state index is 11.9. The van der Waals surface area contributed by atoms with Crippen LogP contribution in [0.25, 0.3) is 28.2 Å². The number of aromatic amines is 1. The summed E-state index contributed by atoms with van der Waals surface area (Å²) in [5.41, 5.74) is 6.47. The first-order valence-corrected chi connectivity index (χ1v) is 16.2. The number of hydrogen-bond acceptors (Lipinski definition) is 8. The Morgan fingerprint density at radius 1 is 1.12 bits per heavy atom. The van der Waals surface area contributed by atoms with Gasteiger partial charge in [-0.15, -0.1) is 0 Å². The third kappa shape index (κ3) is 6.31. The molecule has 0 amide bonds. The number of rotatable bonds is 9. The number of benzene rings is 2. The highest BCUT2D eigenvalue weighted by molar-refractivity contribution is 9.10. The number of primary sulfonamides is 1. The number of H-pyrrole nitrogens is 1. The Morgan fingerprint density at radius 3 is 2.63 bits per heavy atom. The third-order valence-electron chi connectivity index (χ3n) is 7.47. The molecule has 0 atom stereocenters. The number of nitrogens with one attached hydrogen (secondary N) is 2. The molecule has 0 aliphatic carbocycles. The summed E-state index contributed by atoms with van der Waals surface area (Å²) in [5, 5.41) is 8.61. The van der Waals surface area contributed by atoms with Gasteiger partial charge < -0.3 is 24.3 Å². The molecule has 11 nitrogen and oxygen atoms in total. The Bertz CT molecular complexity index is 1880. The first-order chi connectivity index (χ1) is 20.7. The molecule has 1 saturated heterocycles. The maximum Gasteiger partial charge on any atom is 0.238 e. The summed E-state index contributed by atoms with van der Waals surface area (Å²) in [6.45, 7) is 9.09. The number of hydrogen-bond donors (Lipinski definition) is 3. The second kappa shape index (κ2) is 12.1. The third-order valence-corrected chi connectivity index (χ3v) is 8.98. The molecule has 224 valence electrons. The van der Waals surface area contributed by atoms with Crippen molar-refractivity contribution >= 4 is 48.5 Å². The van der Waals surface area contributed by atoms with Gasteiger partial charge in [0.15, 0.2) is 5.65 Å². The lowest BCUT2D eigenvalue weighted by Gasteiger charge is -2.26. The van der Waals surface area contributed by atoms with Crippen LogP contribution < -0.4 is 15.2 Å². The molecular weight excluding hydrogens is 634 g/mol. The van der Waals surface area contributed by atoms with Crippen molar-refractivity contribution in [2.24, 2.45) is 5.14 Å². The van der Waals surface area contributed by atoms with Crippen molar-refractivity contribution in [1.82, 2.24) is 24.4 Å². The Hall–Kier alpha value is -3.75. The maximum atomic E-state index is 11.9. The van der Waals surface area contributed by atoms with Crippen LogP contribution in [0.1, 0.15) is 11.4 Å². The second-order valence-electron chi connectivity index (χ2n) is 10.4. The van der Waals surface area contributed by atoms with Gasteiger partial charge in [-0.3, -0.25) is 4.90 Å². The van der Waals surface area contributed by atoms with Crippen molar-refractivity contribution in [3.8, 4) is 22.8 Å². The lowest BCUT2D eigenvalue weighted by atomic mass is 10.2. The van der Waals surface area contributed by atoms with Crippen LogP contribution in [-0.4, -0.2) is 72.3 Å². The zero-order valence-corrected chi connectivity index (χ0v) is 26.2. The van der Waals surface area contributed by atoms with Gasteiger partial charge in [-0.2, -0.15) is 0 Å². The molecule has 0 saturated carbocycles. The highest BCUT2D eigenvalue weighted by atomic mass is 79.9. The number of fused-ring (bicyclic) bond motifs is 1. The summed E-state index contributed by atoms with van der Waals surface area (Å²) in [5.74, 6) is 1.51. The van der Waals surface area contributed by atoms with E-state index in [1.54, 1.807) is 18.3 Å². The van der Waals surface area contributed by atoms with Crippen LogP contribution in [0.2, 0.25) is 0 Å². The van der Waals surface area contributed by atoms with E-state index in [2.05, 4.69) is 72.7 Å². The van der Waals surface area contributed by atoms with Gasteiger partial charge in [0.1, 0.15) is 23.7 Å². The van der Waals surface area contributed by atoms with E-state index in [9.17, 15) is 8.42 Å². The van der Waals surface area contributed by atoms with Gasteiger partial charge in [0.2, 0.25) is 10.0 Å². The number of sulfonamides is 1. The molecular formula is C30H32BrN7O4S. The van der Waals surface area contributed by atoms with E-state index < -0.39 is 10.0 Å². The lowest BCUT2D eigenvalue weighted by molar-refractivity contribution is 0.0322. The number of morpholine rings is 1. The van der Waals surface area contributed by atoms with Gasteiger partial charge in [-0.1, -0.05) is 6.07 Å². The fraction of sp³-hybridized carbons (Fsp3) is 0.267. The molecule has 0 unspecified atom stereocenters. The van der Waals surface area contributed by atoms with Gasteiger partial charge in [0.05, 0.1) is 28.3 Å². The standard InChI is InChI=1S/C30H32BrN7O4S/c1-19-16-25(20(2)38(19)22-6-8-23(9-7-22)42-15-12-37-10-13-41-14-11-37)29-35-28-27(26(31)18-33-30(28)36-29)34-21-4-3-5-24(17-21)43(32,39)40/h3-9,16-18H,10-15H2,1-2H3,(H2,32,39,40)(H2,33,34,35,36). The van der Waals surface area contributed by atoms with Crippen LogP contribution >= 0.6 is 15.9 Å². The van der Waals surface area contributed by atoms with Gasteiger partial charge in [-0.25, -0.2) is 23.5 Å². The minimum Gasteiger partial charge on any atom is -0.492 e. The van der Waals surface area contributed by atoms with E-state index in [0.29, 0.717) is 39.4 Å². The first kappa shape index (κ1) is 29.3. The fourth-order valence-corrected chi connectivity index (χ4v) is 6.25. The second-order valence-corrected chi connectivity index (χ2v) is 12.8. The van der Waals surface area contributed by atoms with Crippen LogP contribution in [-0.2, 0) is 14.8 Å². The topological polar surface area (TPSA) is 140 Å². The van der Waals surface area contributed by atoms with E-state index in [1.165, 1.54) is 12.1 Å². The predicted octanol–water partition coefficient (Wildman–Crippen LogP) is 4.90. The van der Waals surface area contributed by atoms with Gasteiger partial charge >= 0.3 is 0 Å². The molecule has 3 aromatic heterocycles. The molecule has 4 heterocycles. The summed E-state index contributed by atoms with van der Waals surface area (Å²) in [7, 11) is -3.84. The minimum absolute atomic E-state index is 0.0178. The van der Waals surface area contributed by atoms with E-state index >= 15 is 0 Å². The average Bonchev–Trinajstić information content (AvgIpc) is 3.55. The van der Waals surface area contributed by atoms with Gasteiger partial charge in [0.25, 0.3) is 0 Å².